The van der Waals surface area contributed by atoms with Gasteiger partial charge in [0, 0.05) is 12.5 Å². The lowest BCUT2D eigenvalue weighted by molar-refractivity contribution is 0.666. The van der Waals surface area contributed by atoms with E-state index in [1.807, 2.05) is 24.3 Å². The van der Waals surface area contributed by atoms with E-state index in [2.05, 4.69) is 27.4 Å². The molecule has 3 N–H and O–H groups in total. The number of imidazole rings is 1. The monoisotopic (exact) mass is 313 g/mol. The Balaban J connectivity index is 2.03. The molecule has 0 unspecified atom stereocenters. The Morgan fingerprint density at radius 2 is 1.86 bits per heavy atom. The standard InChI is InChI=1S/C17H16ClN3O/c18-13-8-11-6-7-19-9-12(10-4-2-1-3-5-10)14(11)16-15(13)20-17(22)21-16/h1-5,8,12,19H,6-7,9H2,(H2,20,21,22)/t12-/m1/s1. The summed E-state index contributed by atoms with van der Waals surface area (Å²) in [5.74, 6) is 0.199. The van der Waals surface area contributed by atoms with Crippen LogP contribution in [-0.2, 0) is 6.42 Å². The van der Waals surface area contributed by atoms with Crippen LogP contribution in [0.3, 0.4) is 0 Å². The normalized spacial score (nSPS) is 18.1. The molecule has 0 saturated heterocycles. The summed E-state index contributed by atoms with van der Waals surface area (Å²) in [6, 6.07) is 12.4. The average molecular weight is 314 g/mol. The summed E-state index contributed by atoms with van der Waals surface area (Å²) in [5.41, 5.74) is 4.94. The number of hydrogen-bond donors (Lipinski definition) is 3. The van der Waals surface area contributed by atoms with E-state index in [1.54, 1.807) is 0 Å². The van der Waals surface area contributed by atoms with Crippen LogP contribution in [0.25, 0.3) is 11.0 Å². The molecule has 1 aliphatic rings. The van der Waals surface area contributed by atoms with E-state index >= 15 is 0 Å². The van der Waals surface area contributed by atoms with Crippen molar-refractivity contribution in [3.05, 3.63) is 68.6 Å². The molecule has 4 nitrogen and oxygen atoms in total. The molecule has 2 heterocycles. The van der Waals surface area contributed by atoms with Crippen LogP contribution in [0, 0.1) is 0 Å². The number of halogens is 1. The molecule has 4 rings (SSSR count). The zero-order chi connectivity index (χ0) is 15.1. The minimum Gasteiger partial charge on any atom is -0.315 e. The molecule has 1 aliphatic heterocycles. The van der Waals surface area contributed by atoms with Crippen molar-refractivity contribution in [1.29, 1.82) is 0 Å². The third-order valence-electron chi connectivity index (χ3n) is 4.35. The first-order valence-electron chi connectivity index (χ1n) is 7.43. The van der Waals surface area contributed by atoms with Gasteiger partial charge in [0.2, 0.25) is 0 Å². The fraction of sp³-hybridized carbons (Fsp3) is 0.235. The van der Waals surface area contributed by atoms with Crippen molar-refractivity contribution in [3.8, 4) is 0 Å². The maximum Gasteiger partial charge on any atom is 0.323 e. The molecule has 0 spiro atoms. The molecule has 0 amide bonds. The van der Waals surface area contributed by atoms with Gasteiger partial charge in [0.15, 0.2) is 0 Å². The first-order chi connectivity index (χ1) is 10.7. The van der Waals surface area contributed by atoms with Gasteiger partial charge in [-0.2, -0.15) is 0 Å². The van der Waals surface area contributed by atoms with Gasteiger partial charge in [-0.3, -0.25) is 0 Å². The van der Waals surface area contributed by atoms with Gasteiger partial charge in [0.25, 0.3) is 0 Å². The van der Waals surface area contributed by atoms with E-state index in [4.69, 9.17) is 11.6 Å². The molecule has 22 heavy (non-hydrogen) atoms. The van der Waals surface area contributed by atoms with Crippen LogP contribution in [0.4, 0.5) is 0 Å². The maximum absolute atomic E-state index is 11.8. The predicted molar refractivity (Wildman–Crippen MR) is 88.8 cm³/mol. The first-order valence-corrected chi connectivity index (χ1v) is 7.81. The number of aromatic amines is 2. The van der Waals surface area contributed by atoms with Crippen molar-refractivity contribution in [3.63, 3.8) is 0 Å². The van der Waals surface area contributed by atoms with Crippen LogP contribution in [0.1, 0.15) is 22.6 Å². The molecule has 5 heteroatoms. The number of rotatable bonds is 1. The Hall–Kier alpha value is -2.04. The van der Waals surface area contributed by atoms with Gasteiger partial charge in [-0.05, 0) is 35.7 Å². The third-order valence-corrected chi connectivity index (χ3v) is 4.65. The molecule has 112 valence electrons. The summed E-state index contributed by atoms with van der Waals surface area (Å²) in [4.78, 5) is 17.5. The van der Waals surface area contributed by atoms with E-state index < -0.39 is 0 Å². The van der Waals surface area contributed by atoms with Gasteiger partial charge in [0.1, 0.15) is 0 Å². The SMILES string of the molecule is O=c1[nH]c2c(Cl)cc3c(c2[nH]1)[C@@H](c1ccccc1)CNCC3. The largest absolute Gasteiger partial charge is 0.323 e. The van der Waals surface area contributed by atoms with E-state index in [0.717, 1.165) is 25.0 Å². The third kappa shape index (κ3) is 2.16. The van der Waals surface area contributed by atoms with Gasteiger partial charge in [-0.1, -0.05) is 41.9 Å². The van der Waals surface area contributed by atoms with Crippen molar-refractivity contribution in [2.75, 3.05) is 13.1 Å². The maximum atomic E-state index is 11.8. The first kappa shape index (κ1) is 13.6. The van der Waals surface area contributed by atoms with Gasteiger partial charge in [-0.15, -0.1) is 0 Å². The number of H-pyrrole nitrogens is 2. The fourth-order valence-electron chi connectivity index (χ4n) is 3.37. The van der Waals surface area contributed by atoms with Crippen LogP contribution in [0.15, 0.2) is 41.2 Å². The van der Waals surface area contributed by atoms with Crippen molar-refractivity contribution in [2.45, 2.75) is 12.3 Å². The highest BCUT2D eigenvalue weighted by atomic mass is 35.5. The number of fused-ring (bicyclic) bond motifs is 3. The molecule has 0 bridgehead atoms. The molecular weight excluding hydrogens is 298 g/mol. The zero-order valence-electron chi connectivity index (χ0n) is 11.9. The lowest BCUT2D eigenvalue weighted by Gasteiger charge is -2.19. The van der Waals surface area contributed by atoms with Crippen LogP contribution < -0.4 is 11.0 Å². The Morgan fingerprint density at radius 1 is 1.09 bits per heavy atom. The van der Waals surface area contributed by atoms with Crippen LogP contribution in [0.2, 0.25) is 5.02 Å². The van der Waals surface area contributed by atoms with E-state index in [-0.39, 0.29) is 11.6 Å². The lowest BCUT2D eigenvalue weighted by Crippen LogP contribution is -2.21. The molecule has 3 aromatic rings. The van der Waals surface area contributed by atoms with E-state index in [1.165, 1.54) is 16.7 Å². The smallest absolute Gasteiger partial charge is 0.315 e. The number of hydrogen-bond acceptors (Lipinski definition) is 2. The second kappa shape index (κ2) is 5.30. The van der Waals surface area contributed by atoms with Crippen LogP contribution in [-0.4, -0.2) is 23.1 Å². The number of aromatic nitrogens is 2. The summed E-state index contributed by atoms with van der Waals surface area (Å²) in [6.07, 6.45) is 0.904. The van der Waals surface area contributed by atoms with Crippen molar-refractivity contribution >= 4 is 22.6 Å². The van der Waals surface area contributed by atoms with Crippen LogP contribution in [0.5, 0.6) is 0 Å². The summed E-state index contributed by atoms with van der Waals surface area (Å²) < 4.78 is 0. The Labute approximate surface area is 132 Å². The van der Waals surface area contributed by atoms with Gasteiger partial charge >= 0.3 is 5.69 Å². The minimum absolute atomic E-state index is 0.199. The molecule has 2 aromatic carbocycles. The topological polar surface area (TPSA) is 60.7 Å². The molecule has 0 saturated carbocycles. The van der Waals surface area contributed by atoms with E-state index in [9.17, 15) is 4.79 Å². The van der Waals surface area contributed by atoms with Gasteiger partial charge < -0.3 is 15.3 Å². The summed E-state index contributed by atoms with van der Waals surface area (Å²) >= 11 is 6.34. The highest BCUT2D eigenvalue weighted by Crippen LogP contribution is 2.36. The molecule has 0 fully saturated rings. The number of nitrogens with one attached hydrogen (secondary N) is 3. The molecular formula is C17H16ClN3O. The highest BCUT2D eigenvalue weighted by molar-refractivity contribution is 6.35. The lowest BCUT2D eigenvalue weighted by atomic mass is 9.87. The Kier molecular flexibility index (Phi) is 3.28. The zero-order valence-corrected chi connectivity index (χ0v) is 12.7. The molecule has 1 aromatic heterocycles. The second-order valence-corrected chi connectivity index (χ2v) is 6.08. The summed E-state index contributed by atoms with van der Waals surface area (Å²) in [5, 5.41) is 4.09. The van der Waals surface area contributed by atoms with Crippen LogP contribution >= 0.6 is 11.6 Å². The molecule has 1 atom stereocenters. The van der Waals surface area contributed by atoms with Gasteiger partial charge in [-0.25, -0.2) is 4.79 Å². The summed E-state index contributed by atoms with van der Waals surface area (Å²) in [7, 11) is 0. The Bertz CT molecular complexity index is 882. The average Bonchev–Trinajstić information content (AvgIpc) is 2.79. The fourth-order valence-corrected chi connectivity index (χ4v) is 3.65. The predicted octanol–water partition coefficient (Wildman–Crippen LogP) is 2.79. The second-order valence-electron chi connectivity index (χ2n) is 5.68. The molecule has 0 aliphatic carbocycles. The highest BCUT2D eigenvalue weighted by Gasteiger charge is 2.25. The quantitative estimate of drug-likeness (QED) is 0.647. The Morgan fingerprint density at radius 3 is 2.68 bits per heavy atom. The van der Waals surface area contributed by atoms with Gasteiger partial charge in [0.05, 0.1) is 16.1 Å². The van der Waals surface area contributed by atoms with Crippen molar-refractivity contribution in [1.82, 2.24) is 15.3 Å². The minimum atomic E-state index is -0.214. The van der Waals surface area contributed by atoms with Crippen molar-refractivity contribution < 1.29 is 0 Å². The molecule has 0 radical (unpaired) electrons. The summed E-state index contributed by atoms with van der Waals surface area (Å²) in [6.45, 7) is 1.76. The van der Waals surface area contributed by atoms with E-state index in [0.29, 0.717) is 10.5 Å². The van der Waals surface area contributed by atoms with Crippen molar-refractivity contribution in [2.24, 2.45) is 0 Å². The number of benzene rings is 2.